The van der Waals surface area contributed by atoms with E-state index in [1.165, 1.54) is 11.8 Å². The molecule has 51 heavy (non-hydrogen) atoms. The lowest BCUT2D eigenvalue weighted by Crippen LogP contribution is -2.50. The van der Waals surface area contributed by atoms with Crippen molar-refractivity contribution in [1.82, 2.24) is 20.0 Å². The van der Waals surface area contributed by atoms with Crippen LogP contribution in [-0.2, 0) is 19.9 Å². The Bertz CT molecular complexity index is 1750. The number of ether oxygens (including phenoxy) is 1. The summed E-state index contributed by atoms with van der Waals surface area (Å²) in [6, 6.07) is 13.7. The van der Waals surface area contributed by atoms with Gasteiger partial charge in [-0.15, -0.1) is 0 Å². The Morgan fingerprint density at radius 2 is 1.67 bits per heavy atom. The second-order valence-corrected chi connectivity index (χ2v) is 17.3. The van der Waals surface area contributed by atoms with Gasteiger partial charge in [-0.1, -0.05) is 61.3 Å². The van der Waals surface area contributed by atoms with E-state index >= 15 is 0 Å². The molecule has 0 unspecified atom stereocenters. The van der Waals surface area contributed by atoms with E-state index in [0.717, 1.165) is 22.0 Å². The van der Waals surface area contributed by atoms with Crippen molar-refractivity contribution in [2.75, 3.05) is 19.8 Å². The highest BCUT2D eigenvalue weighted by atomic mass is 35.5. The van der Waals surface area contributed by atoms with Crippen LogP contribution in [0.1, 0.15) is 78.5 Å². The highest BCUT2D eigenvalue weighted by Crippen LogP contribution is 2.56. The number of nitrogens with zero attached hydrogens (tertiary/aromatic N) is 4. The molecule has 9 nitrogen and oxygen atoms in total. The third kappa shape index (κ3) is 7.22. The number of rotatable bonds is 7. The number of alkyl carbamates (subject to hydrolysis) is 1. The highest BCUT2D eigenvalue weighted by molar-refractivity contribution is 8.18. The van der Waals surface area contributed by atoms with Gasteiger partial charge in [-0.2, -0.15) is 0 Å². The molecule has 2 aromatic rings. The number of hydrogen-bond acceptors (Lipinski definition) is 7. The number of nitrogens with one attached hydrogen (secondary N) is 1. The predicted octanol–water partition coefficient (Wildman–Crippen LogP) is 7.94. The molecule has 0 saturated carbocycles. The van der Waals surface area contributed by atoms with Crippen LogP contribution >= 0.6 is 35.0 Å². The van der Waals surface area contributed by atoms with Gasteiger partial charge in [-0.05, 0) is 101 Å². The number of aliphatic imine (C=N–C) groups is 1. The van der Waals surface area contributed by atoms with Crippen LogP contribution in [0.15, 0.2) is 64.1 Å². The van der Waals surface area contributed by atoms with Crippen LogP contribution in [0.3, 0.4) is 0 Å². The molecular formula is C38H46Cl2FN5O4S. The fourth-order valence-corrected chi connectivity index (χ4v) is 9.39. The van der Waals surface area contributed by atoms with Crippen LogP contribution in [0.25, 0.3) is 0 Å². The van der Waals surface area contributed by atoms with E-state index in [1.54, 1.807) is 30.6 Å². The van der Waals surface area contributed by atoms with Crippen molar-refractivity contribution in [3.63, 3.8) is 0 Å². The maximum atomic E-state index is 14.8. The van der Waals surface area contributed by atoms with Gasteiger partial charge in [0.1, 0.15) is 22.1 Å². The minimum atomic E-state index is -0.712. The first-order chi connectivity index (χ1) is 24.0. The quantitative estimate of drug-likeness (QED) is 0.308. The molecular weight excluding hydrogens is 712 g/mol. The zero-order valence-corrected chi connectivity index (χ0v) is 32.4. The Morgan fingerprint density at radius 3 is 2.25 bits per heavy atom. The molecule has 0 bridgehead atoms. The Balaban J connectivity index is 1.30. The number of amides is 3. The molecule has 4 heterocycles. The Morgan fingerprint density at radius 1 is 1.04 bits per heavy atom. The van der Waals surface area contributed by atoms with Crippen molar-refractivity contribution in [1.29, 1.82) is 0 Å². The average Bonchev–Trinajstić information content (AvgIpc) is 3.81. The number of likely N-dealkylation sites (tertiary alicyclic amines) is 2. The van der Waals surface area contributed by atoms with Crippen molar-refractivity contribution in [3.05, 3.63) is 80.3 Å². The minimum Gasteiger partial charge on any atom is -0.444 e. The molecule has 2 aromatic carbocycles. The largest absolute Gasteiger partial charge is 0.444 e. The van der Waals surface area contributed by atoms with Gasteiger partial charge in [0, 0.05) is 40.8 Å². The van der Waals surface area contributed by atoms with Gasteiger partial charge in [-0.25, -0.2) is 9.79 Å². The first kappa shape index (κ1) is 37.5. The van der Waals surface area contributed by atoms with E-state index in [4.69, 9.17) is 32.9 Å². The summed E-state index contributed by atoms with van der Waals surface area (Å²) in [5.74, 6) is -1.07. The number of thioether (sulfide) groups is 1. The normalized spacial score (nSPS) is 27.7. The lowest BCUT2D eigenvalue weighted by molar-refractivity contribution is -0.142. The summed E-state index contributed by atoms with van der Waals surface area (Å²) >= 11 is 14.0. The SMILES string of the molecule is CC(C)C1=C(C(=O)N2[C@H](C)CC[C@H]2C(=O)N2C[C@H](CF)[C@H](NC(=O)OC(C)(C)C)C2)SC2=N[C@@](C)(c3ccc(Cl)cc3)[C@@H](c3ccc(Cl)cc3)N21. The van der Waals surface area contributed by atoms with Gasteiger partial charge in [0.05, 0.1) is 18.8 Å². The summed E-state index contributed by atoms with van der Waals surface area (Å²) in [7, 11) is 0. The van der Waals surface area contributed by atoms with Gasteiger partial charge in [0.2, 0.25) is 5.91 Å². The van der Waals surface area contributed by atoms with Crippen LogP contribution in [0, 0.1) is 11.8 Å². The summed E-state index contributed by atoms with van der Waals surface area (Å²) in [5, 5.41) is 4.74. The molecule has 0 radical (unpaired) electrons. The van der Waals surface area contributed by atoms with Crippen molar-refractivity contribution < 1.29 is 23.5 Å². The molecule has 0 aromatic heterocycles. The molecule has 6 atom stereocenters. The molecule has 3 amide bonds. The maximum Gasteiger partial charge on any atom is 0.407 e. The number of alkyl halides is 1. The van der Waals surface area contributed by atoms with Gasteiger partial charge in [-0.3, -0.25) is 14.0 Å². The summed E-state index contributed by atoms with van der Waals surface area (Å²) in [5.41, 5.74) is 1.42. The van der Waals surface area contributed by atoms with Crippen LogP contribution in [0.2, 0.25) is 10.0 Å². The molecule has 2 saturated heterocycles. The van der Waals surface area contributed by atoms with E-state index in [9.17, 15) is 18.8 Å². The number of allylic oxidation sites excluding steroid dienone is 1. The zero-order valence-electron chi connectivity index (χ0n) is 30.1. The van der Waals surface area contributed by atoms with Crippen molar-refractivity contribution in [3.8, 4) is 0 Å². The maximum absolute atomic E-state index is 14.8. The third-order valence-electron chi connectivity index (χ3n) is 10.2. The number of fused-ring (bicyclic) bond motifs is 1. The van der Waals surface area contributed by atoms with Gasteiger partial charge in [0.25, 0.3) is 5.91 Å². The highest BCUT2D eigenvalue weighted by Gasteiger charge is 2.54. The number of carbonyl (C=O) groups excluding carboxylic acids is 3. The molecule has 1 N–H and O–H groups in total. The van der Waals surface area contributed by atoms with Crippen molar-refractivity contribution >= 4 is 58.0 Å². The lowest BCUT2D eigenvalue weighted by Gasteiger charge is -2.37. The molecule has 2 fully saturated rings. The fraction of sp³-hybridized carbons (Fsp3) is 0.526. The molecule has 13 heteroatoms. The predicted molar refractivity (Wildman–Crippen MR) is 200 cm³/mol. The Labute approximate surface area is 313 Å². The second-order valence-electron chi connectivity index (χ2n) is 15.4. The standard InChI is InChI=1S/C38H46Cl2FN5O4S/c1-21(2)30-31(51-35-43-38(7,25-11-15-27(40)16-12-25)32(46(30)35)23-9-13-26(39)14-10-23)34(48)45-22(3)8-17-29(45)33(47)44-19-24(18-41)28(20-44)42-36(49)50-37(4,5)6/h9-16,21-22,24,28-29,32H,8,17-20H2,1-7H3,(H,42,49)/t22-,24+,28-,29+,32-,38+/m1/s1. The summed E-state index contributed by atoms with van der Waals surface area (Å²) < 4.78 is 19.6. The van der Waals surface area contributed by atoms with Crippen molar-refractivity contribution in [2.24, 2.45) is 16.8 Å². The van der Waals surface area contributed by atoms with E-state index in [2.05, 4.69) is 31.0 Å². The van der Waals surface area contributed by atoms with Gasteiger partial charge < -0.3 is 24.8 Å². The third-order valence-corrected chi connectivity index (χ3v) is 11.8. The van der Waals surface area contributed by atoms with Crippen LogP contribution in [0.5, 0.6) is 0 Å². The van der Waals surface area contributed by atoms with E-state index in [-0.39, 0.29) is 42.9 Å². The number of hydrogen-bond donors (Lipinski definition) is 1. The van der Waals surface area contributed by atoms with Crippen LogP contribution in [0.4, 0.5) is 9.18 Å². The summed E-state index contributed by atoms with van der Waals surface area (Å²) in [6.07, 6.45) is 0.503. The van der Waals surface area contributed by atoms with Gasteiger partial charge in [0.15, 0.2) is 5.17 Å². The molecule has 6 rings (SSSR count). The number of amidine groups is 1. The molecule has 0 aliphatic carbocycles. The molecule has 0 spiro atoms. The average molecular weight is 759 g/mol. The van der Waals surface area contributed by atoms with E-state index in [0.29, 0.717) is 27.8 Å². The lowest BCUT2D eigenvalue weighted by atomic mass is 9.81. The molecule has 274 valence electrons. The number of halogens is 3. The van der Waals surface area contributed by atoms with Crippen molar-refractivity contribution in [2.45, 2.75) is 96.6 Å². The topological polar surface area (TPSA) is 94.5 Å². The zero-order chi connectivity index (χ0) is 37.0. The Hall–Kier alpha value is -3.28. The number of carbonyl (C=O) groups is 3. The first-order valence-corrected chi connectivity index (χ1v) is 19.1. The Kier molecular flexibility index (Phi) is 10.5. The van der Waals surface area contributed by atoms with Crippen LogP contribution in [-0.4, -0.2) is 81.3 Å². The minimum absolute atomic E-state index is 0.0536. The second kappa shape index (κ2) is 14.3. The summed E-state index contributed by atoms with van der Waals surface area (Å²) in [6.45, 7) is 13.1. The smallest absolute Gasteiger partial charge is 0.407 e. The molecule has 4 aliphatic heterocycles. The van der Waals surface area contributed by atoms with E-state index < -0.39 is 41.9 Å². The van der Waals surface area contributed by atoms with E-state index in [1.807, 2.05) is 55.5 Å². The van der Waals surface area contributed by atoms with Crippen LogP contribution < -0.4 is 5.32 Å². The molecule has 4 aliphatic rings. The fourth-order valence-electron chi connectivity index (χ4n) is 7.79. The first-order valence-electron chi connectivity index (χ1n) is 17.5. The number of benzene rings is 2. The summed E-state index contributed by atoms with van der Waals surface area (Å²) in [4.78, 5) is 52.9. The van der Waals surface area contributed by atoms with Gasteiger partial charge >= 0.3 is 6.09 Å². The monoisotopic (exact) mass is 757 g/mol.